The summed E-state index contributed by atoms with van der Waals surface area (Å²) in [5, 5.41) is 0. The van der Waals surface area contributed by atoms with Gasteiger partial charge in [0, 0.05) is 34.6 Å². The van der Waals surface area contributed by atoms with Crippen LogP contribution in [0.1, 0.15) is 11.1 Å². The van der Waals surface area contributed by atoms with Gasteiger partial charge in [0.1, 0.15) is 5.82 Å². The van der Waals surface area contributed by atoms with E-state index >= 15 is 0 Å². The highest BCUT2D eigenvalue weighted by Gasteiger charge is 2.18. The van der Waals surface area contributed by atoms with Crippen LogP contribution in [0.2, 0.25) is 0 Å². The molecule has 9 rings (SSSR count). The number of aromatic nitrogens is 2. The van der Waals surface area contributed by atoms with Crippen molar-refractivity contribution in [2.75, 3.05) is 0 Å². The Morgan fingerprint density at radius 3 is 1.35 bits per heavy atom. The third kappa shape index (κ3) is 7.31. The number of benzene rings is 7. The van der Waals surface area contributed by atoms with Gasteiger partial charge in [0.15, 0.2) is 0 Å². The normalized spacial score (nSPS) is 11.1. The van der Waals surface area contributed by atoms with Crippen molar-refractivity contribution < 1.29 is 4.39 Å². The summed E-state index contributed by atoms with van der Waals surface area (Å²) < 4.78 is 13.6. The lowest BCUT2D eigenvalue weighted by Crippen LogP contribution is -1.94. The topological polar surface area (TPSA) is 25.8 Å². The van der Waals surface area contributed by atoms with E-state index in [1.54, 1.807) is 12.1 Å². The third-order valence-corrected chi connectivity index (χ3v) is 10.7. The molecular weight excluding hydrogens is 696 g/mol. The number of rotatable bonds is 8. The summed E-state index contributed by atoms with van der Waals surface area (Å²) in [5.41, 5.74) is 19.5. The first kappa shape index (κ1) is 35.5. The molecule has 0 aliphatic heterocycles. The van der Waals surface area contributed by atoms with Crippen molar-refractivity contribution in [2.24, 2.45) is 0 Å². The van der Waals surface area contributed by atoms with E-state index in [1.807, 2.05) is 24.5 Å². The first-order chi connectivity index (χ1) is 28.0. The lowest BCUT2D eigenvalue weighted by atomic mass is 9.87. The molecule has 0 radical (unpaired) electrons. The third-order valence-electron chi connectivity index (χ3n) is 10.7. The summed E-state index contributed by atoms with van der Waals surface area (Å²) in [4.78, 5) is 9.88. The van der Waals surface area contributed by atoms with Crippen LogP contribution >= 0.6 is 0 Å². The Balaban J connectivity index is 1.14. The predicted octanol–water partition coefficient (Wildman–Crippen LogP) is 14.6. The average molecular weight is 735 g/mol. The monoisotopic (exact) mass is 734 g/mol. The van der Waals surface area contributed by atoms with Gasteiger partial charge < -0.3 is 0 Å². The molecule has 0 saturated carbocycles. The minimum absolute atomic E-state index is 0.256. The largest absolute Gasteiger partial charge is 0.256 e. The first-order valence-electron chi connectivity index (χ1n) is 19.2. The maximum Gasteiger partial charge on any atom is 0.123 e. The van der Waals surface area contributed by atoms with Gasteiger partial charge in [0.05, 0.1) is 11.4 Å². The van der Waals surface area contributed by atoms with Crippen LogP contribution in [0.4, 0.5) is 4.39 Å². The van der Waals surface area contributed by atoms with Crippen LogP contribution in [0.15, 0.2) is 200 Å². The standard InChI is InChI=1S/C54H39FN2/c1-36-29-43(46-17-9-11-19-48(46)51-34-56-53(31-37(51)2)42-25-27-45(55)28-26-42)32-44(30-36)47-18-10-12-20-49(47)52-35-57-54(41-15-7-4-8-16-41)33-50(52)40-23-21-39(22-24-40)38-13-5-3-6-14-38/h3-35H,1-2H3. The fourth-order valence-corrected chi connectivity index (χ4v) is 7.80. The van der Waals surface area contributed by atoms with E-state index in [9.17, 15) is 4.39 Å². The van der Waals surface area contributed by atoms with Gasteiger partial charge in [-0.3, -0.25) is 9.97 Å². The summed E-state index contributed by atoms with van der Waals surface area (Å²) >= 11 is 0. The Bertz CT molecular complexity index is 2840. The zero-order valence-electron chi connectivity index (χ0n) is 31.8. The van der Waals surface area contributed by atoms with Crippen molar-refractivity contribution in [3.63, 3.8) is 0 Å². The summed E-state index contributed by atoms with van der Waals surface area (Å²) in [5.74, 6) is -0.256. The molecule has 0 fully saturated rings. The second-order valence-corrected chi connectivity index (χ2v) is 14.5. The number of aryl methyl sites for hydroxylation is 2. The van der Waals surface area contributed by atoms with Crippen LogP contribution in [0.5, 0.6) is 0 Å². The highest BCUT2D eigenvalue weighted by molar-refractivity contribution is 5.94. The van der Waals surface area contributed by atoms with Crippen molar-refractivity contribution in [1.82, 2.24) is 9.97 Å². The molecule has 0 unspecified atom stereocenters. The Hall–Kier alpha value is -7.23. The molecule has 2 heterocycles. The Morgan fingerprint density at radius 2 is 0.754 bits per heavy atom. The molecule has 7 aromatic carbocycles. The van der Waals surface area contributed by atoms with Crippen molar-refractivity contribution in [2.45, 2.75) is 13.8 Å². The van der Waals surface area contributed by atoms with E-state index in [1.165, 1.54) is 28.8 Å². The van der Waals surface area contributed by atoms with Crippen LogP contribution in [-0.4, -0.2) is 9.97 Å². The Labute approximate surface area is 333 Å². The second-order valence-electron chi connectivity index (χ2n) is 14.5. The maximum atomic E-state index is 13.6. The lowest BCUT2D eigenvalue weighted by molar-refractivity contribution is 0.628. The molecule has 0 aliphatic carbocycles. The van der Waals surface area contributed by atoms with Gasteiger partial charge in [-0.25, -0.2) is 4.39 Å². The Kier molecular flexibility index (Phi) is 9.64. The van der Waals surface area contributed by atoms with Gasteiger partial charge in [0.25, 0.3) is 0 Å². The molecule has 0 bridgehead atoms. The average Bonchev–Trinajstić information content (AvgIpc) is 3.27. The zero-order chi connectivity index (χ0) is 38.7. The fourth-order valence-electron chi connectivity index (χ4n) is 7.80. The molecule has 0 N–H and O–H groups in total. The van der Waals surface area contributed by atoms with Gasteiger partial charge in [-0.1, -0.05) is 146 Å². The summed E-state index contributed by atoms with van der Waals surface area (Å²) in [6, 6.07) is 64.6. The van der Waals surface area contributed by atoms with Crippen LogP contribution < -0.4 is 0 Å². The molecular formula is C54H39FN2. The van der Waals surface area contributed by atoms with Gasteiger partial charge in [0.2, 0.25) is 0 Å². The molecule has 3 heteroatoms. The van der Waals surface area contributed by atoms with Crippen LogP contribution in [0.25, 0.3) is 89.3 Å². The number of nitrogens with zero attached hydrogens (tertiary/aromatic N) is 2. The minimum atomic E-state index is -0.256. The maximum absolute atomic E-state index is 13.6. The van der Waals surface area contributed by atoms with Gasteiger partial charge in [-0.05, 0) is 123 Å². The number of hydrogen-bond acceptors (Lipinski definition) is 2. The van der Waals surface area contributed by atoms with Gasteiger partial charge >= 0.3 is 0 Å². The minimum Gasteiger partial charge on any atom is -0.256 e. The Morgan fingerprint density at radius 1 is 0.316 bits per heavy atom. The summed E-state index contributed by atoms with van der Waals surface area (Å²) in [6.45, 7) is 4.28. The van der Waals surface area contributed by atoms with E-state index in [0.29, 0.717) is 0 Å². The SMILES string of the molecule is Cc1cc(-c2ccccc2-c2cnc(-c3ccc(F)cc3)cc2C)cc(-c2ccccc2-c2cnc(-c3ccccc3)cc2-c2ccc(-c3ccccc3)cc2)c1. The molecule has 57 heavy (non-hydrogen) atoms. The predicted molar refractivity (Wildman–Crippen MR) is 235 cm³/mol. The molecule has 272 valence electrons. The summed E-state index contributed by atoms with van der Waals surface area (Å²) in [7, 11) is 0. The molecule has 2 nitrogen and oxygen atoms in total. The van der Waals surface area contributed by atoms with E-state index in [4.69, 9.17) is 9.97 Å². The van der Waals surface area contributed by atoms with Crippen molar-refractivity contribution in [1.29, 1.82) is 0 Å². The first-order valence-corrected chi connectivity index (χ1v) is 19.2. The molecule has 9 aromatic rings. The van der Waals surface area contributed by atoms with Crippen LogP contribution in [0, 0.1) is 19.7 Å². The van der Waals surface area contributed by atoms with Crippen molar-refractivity contribution >= 4 is 0 Å². The number of hydrogen-bond donors (Lipinski definition) is 0. The highest BCUT2D eigenvalue weighted by Crippen LogP contribution is 2.42. The molecule has 0 aliphatic rings. The fraction of sp³-hybridized carbons (Fsp3) is 0.0370. The zero-order valence-corrected chi connectivity index (χ0v) is 31.8. The molecule has 0 amide bonds. The van der Waals surface area contributed by atoms with Gasteiger partial charge in [-0.2, -0.15) is 0 Å². The van der Waals surface area contributed by atoms with E-state index in [-0.39, 0.29) is 5.82 Å². The highest BCUT2D eigenvalue weighted by atomic mass is 19.1. The van der Waals surface area contributed by atoms with Crippen LogP contribution in [0.3, 0.4) is 0 Å². The van der Waals surface area contributed by atoms with Crippen molar-refractivity contribution in [3.05, 3.63) is 217 Å². The van der Waals surface area contributed by atoms with Gasteiger partial charge in [-0.15, -0.1) is 0 Å². The van der Waals surface area contributed by atoms with E-state index in [0.717, 1.165) is 83.7 Å². The molecule has 0 saturated heterocycles. The van der Waals surface area contributed by atoms with E-state index in [2.05, 4.69) is 166 Å². The smallest absolute Gasteiger partial charge is 0.123 e. The van der Waals surface area contributed by atoms with Crippen molar-refractivity contribution in [3.8, 4) is 89.3 Å². The number of halogens is 1. The molecule has 0 spiro atoms. The number of pyridine rings is 2. The quantitative estimate of drug-likeness (QED) is 0.155. The van der Waals surface area contributed by atoms with Crippen LogP contribution in [-0.2, 0) is 0 Å². The second kappa shape index (κ2) is 15.5. The van der Waals surface area contributed by atoms with E-state index < -0.39 is 0 Å². The lowest BCUT2D eigenvalue weighted by Gasteiger charge is -2.18. The molecule has 2 aromatic heterocycles. The molecule has 0 atom stereocenters. The summed E-state index contributed by atoms with van der Waals surface area (Å²) in [6.07, 6.45) is 3.98.